The van der Waals surface area contributed by atoms with Crippen LogP contribution in [0.1, 0.15) is 18.6 Å². The summed E-state index contributed by atoms with van der Waals surface area (Å²) in [5, 5.41) is 9.83. The van der Waals surface area contributed by atoms with Crippen molar-refractivity contribution in [1.82, 2.24) is 0 Å². The monoisotopic (exact) mass is 345 g/mol. The first kappa shape index (κ1) is 16.1. The van der Waals surface area contributed by atoms with Gasteiger partial charge in [-0.05, 0) is 36.8 Å². The van der Waals surface area contributed by atoms with Crippen molar-refractivity contribution in [2.75, 3.05) is 4.72 Å². The number of aliphatic hydroxyl groups is 1. The normalized spacial score (nSPS) is 13.0. The minimum absolute atomic E-state index is 0.0722. The maximum Gasteiger partial charge on any atom is 0.261 e. The number of hydrogen-bond acceptors (Lipinski definition) is 3. The highest BCUT2D eigenvalue weighted by Gasteiger charge is 2.17. The quantitative estimate of drug-likeness (QED) is 0.884. The van der Waals surface area contributed by atoms with Crippen LogP contribution in [-0.4, -0.2) is 13.5 Å². The summed E-state index contributed by atoms with van der Waals surface area (Å²) in [7, 11) is -3.77. The summed E-state index contributed by atoms with van der Waals surface area (Å²) < 4.78 is 26.9. The third kappa shape index (κ3) is 3.68. The number of halogens is 2. The van der Waals surface area contributed by atoms with Crippen LogP contribution in [0, 0.1) is 0 Å². The molecule has 0 saturated carbocycles. The summed E-state index contributed by atoms with van der Waals surface area (Å²) in [5.41, 5.74) is 0.846. The van der Waals surface area contributed by atoms with Gasteiger partial charge >= 0.3 is 0 Å². The number of aliphatic hydroxyl groups excluding tert-OH is 1. The van der Waals surface area contributed by atoms with E-state index in [9.17, 15) is 13.5 Å². The van der Waals surface area contributed by atoms with Gasteiger partial charge in [0.05, 0.1) is 26.7 Å². The molecule has 2 aromatic rings. The van der Waals surface area contributed by atoms with Gasteiger partial charge in [0.25, 0.3) is 10.0 Å². The van der Waals surface area contributed by atoms with Crippen molar-refractivity contribution in [3.63, 3.8) is 0 Å². The minimum Gasteiger partial charge on any atom is -0.389 e. The average molecular weight is 346 g/mol. The Hall–Kier alpha value is -1.27. The van der Waals surface area contributed by atoms with E-state index in [-0.39, 0.29) is 20.6 Å². The molecule has 0 bridgehead atoms. The van der Waals surface area contributed by atoms with Crippen LogP contribution in [0.2, 0.25) is 10.0 Å². The summed E-state index contributed by atoms with van der Waals surface area (Å²) in [6.45, 7) is 1.60. The number of benzene rings is 2. The number of hydrogen-bond donors (Lipinski definition) is 2. The summed E-state index contributed by atoms with van der Waals surface area (Å²) in [4.78, 5) is 0.0722. The Morgan fingerprint density at radius 2 is 1.71 bits per heavy atom. The van der Waals surface area contributed by atoms with E-state index in [2.05, 4.69) is 4.72 Å². The third-order valence-corrected chi connectivity index (χ3v) is 5.07. The topological polar surface area (TPSA) is 66.4 Å². The van der Waals surface area contributed by atoms with Gasteiger partial charge in [0.2, 0.25) is 0 Å². The molecule has 0 aliphatic heterocycles. The fourth-order valence-corrected chi connectivity index (χ4v) is 3.19. The molecule has 0 aliphatic rings. The predicted octanol–water partition coefficient (Wildman–Crippen LogP) is 3.85. The molecule has 112 valence electrons. The maximum absolute atomic E-state index is 12.3. The lowest BCUT2D eigenvalue weighted by Crippen LogP contribution is -2.13. The fourth-order valence-electron chi connectivity index (χ4n) is 1.71. The van der Waals surface area contributed by atoms with Gasteiger partial charge in [-0.1, -0.05) is 41.4 Å². The zero-order valence-electron chi connectivity index (χ0n) is 11.0. The van der Waals surface area contributed by atoms with Crippen molar-refractivity contribution in [2.45, 2.75) is 17.9 Å². The maximum atomic E-state index is 12.3. The first-order chi connectivity index (χ1) is 9.81. The molecule has 7 heteroatoms. The van der Waals surface area contributed by atoms with Crippen LogP contribution in [0.15, 0.2) is 47.4 Å². The third-order valence-electron chi connectivity index (χ3n) is 2.87. The van der Waals surface area contributed by atoms with Gasteiger partial charge in [0.15, 0.2) is 0 Å². The van der Waals surface area contributed by atoms with Crippen molar-refractivity contribution in [3.05, 3.63) is 58.1 Å². The highest BCUT2D eigenvalue weighted by atomic mass is 35.5. The molecule has 1 unspecified atom stereocenters. The van der Waals surface area contributed by atoms with Crippen LogP contribution in [-0.2, 0) is 10.0 Å². The number of rotatable bonds is 4. The molecule has 0 amide bonds. The molecule has 0 aromatic heterocycles. The first-order valence-electron chi connectivity index (χ1n) is 6.06. The summed E-state index contributed by atoms with van der Waals surface area (Å²) >= 11 is 11.8. The molecule has 0 fully saturated rings. The SMILES string of the molecule is CC(O)c1ccc(S(=O)(=O)Nc2cccc(Cl)c2Cl)cc1. The predicted molar refractivity (Wildman–Crippen MR) is 84.3 cm³/mol. The number of anilines is 1. The standard InChI is InChI=1S/C14H13Cl2NO3S/c1-9(18)10-5-7-11(8-6-10)21(19,20)17-13-4-2-3-12(15)14(13)16/h2-9,17-18H,1H3. The second-order valence-electron chi connectivity index (χ2n) is 4.45. The molecule has 0 spiro atoms. The van der Waals surface area contributed by atoms with Crippen molar-refractivity contribution in [3.8, 4) is 0 Å². The van der Waals surface area contributed by atoms with Crippen LogP contribution in [0.3, 0.4) is 0 Å². The molecule has 4 nitrogen and oxygen atoms in total. The number of sulfonamides is 1. The summed E-state index contributed by atoms with van der Waals surface area (Å²) in [6.07, 6.45) is -0.655. The van der Waals surface area contributed by atoms with E-state index in [1.165, 1.54) is 18.2 Å². The lowest BCUT2D eigenvalue weighted by atomic mass is 10.1. The van der Waals surface area contributed by atoms with Crippen LogP contribution in [0.5, 0.6) is 0 Å². The van der Waals surface area contributed by atoms with E-state index in [0.29, 0.717) is 5.56 Å². The van der Waals surface area contributed by atoms with Crippen LogP contribution in [0.4, 0.5) is 5.69 Å². The largest absolute Gasteiger partial charge is 0.389 e. The van der Waals surface area contributed by atoms with Gasteiger partial charge in [0, 0.05) is 0 Å². The molecular weight excluding hydrogens is 333 g/mol. The molecule has 0 saturated heterocycles. The van der Waals surface area contributed by atoms with Crippen molar-refractivity contribution >= 4 is 38.9 Å². The molecule has 21 heavy (non-hydrogen) atoms. The van der Waals surface area contributed by atoms with E-state index in [1.54, 1.807) is 31.2 Å². The van der Waals surface area contributed by atoms with Gasteiger partial charge in [-0.25, -0.2) is 8.42 Å². The Morgan fingerprint density at radius 3 is 2.29 bits per heavy atom. The highest BCUT2D eigenvalue weighted by Crippen LogP contribution is 2.31. The molecule has 2 rings (SSSR count). The van der Waals surface area contributed by atoms with E-state index in [0.717, 1.165) is 0 Å². The molecule has 2 N–H and O–H groups in total. The summed E-state index contributed by atoms with van der Waals surface area (Å²) in [6, 6.07) is 10.6. The Balaban J connectivity index is 2.32. The summed E-state index contributed by atoms with van der Waals surface area (Å²) in [5.74, 6) is 0. The average Bonchev–Trinajstić information content (AvgIpc) is 2.44. The molecule has 0 radical (unpaired) electrons. The van der Waals surface area contributed by atoms with Crippen molar-refractivity contribution in [2.24, 2.45) is 0 Å². The van der Waals surface area contributed by atoms with Gasteiger partial charge < -0.3 is 5.11 Å². The smallest absolute Gasteiger partial charge is 0.261 e. The lowest BCUT2D eigenvalue weighted by molar-refractivity contribution is 0.199. The van der Waals surface area contributed by atoms with Gasteiger partial charge in [-0.15, -0.1) is 0 Å². The molecule has 0 aliphatic carbocycles. The van der Waals surface area contributed by atoms with Crippen molar-refractivity contribution < 1.29 is 13.5 Å². The van der Waals surface area contributed by atoms with Gasteiger partial charge in [-0.3, -0.25) is 4.72 Å². The van der Waals surface area contributed by atoms with E-state index < -0.39 is 16.1 Å². The lowest BCUT2D eigenvalue weighted by Gasteiger charge is -2.11. The second kappa shape index (κ2) is 6.23. The first-order valence-corrected chi connectivity index (χ1v) is 8.30. The Bertz CT molecular complexity index is 743. The molecular formula is C14H13Cl2NO3S. The van der Waals surface area contributed by atoms with E-state index >= 15 is 0 Å². The van der Waals surface area contributed by atoms with Crippen LogP contribution < -0.4 is 4.72 Å². The van der Waals surface area contributed by atoms with Crippen molar-refractivity contribution in [1.29, 1.82) is 0 Å². The fraction of sp³-hybridized carbons (Fsp3) is 0.143. The molecule has 2 aromatic carbocycles. The van der Waals surface area contributed by atoms with Crippen LogP contribution >= 0.6 is 23.2 Å². The molecule has 0 heterocycles. The Labute approximate surface area is 133 Å². The Morgan fingerprint density at radius 1 is 1.10 bits per heavy atom. The van der Waals surface area contributed by atoms with E-state index in [4.69, 9.17) is 23.2 Å². The Kier molecular flexibility index (Phi) is 4.78. The van der Waals surface area contributed by atoms with E-state index in [1.807, 2.05) is 0 Å². The van der Waals surface area contributed by atoms with Crippen LogP contribution in [0.25, 0.3) is 0 Å². The highest BCUT2D eigenvalue weighted by molar-refractivity contribution is 7.92. The minimum atomic E-state index is -3.77. The molecule has 1 atom stereocenters. The van der Waals surface area contributed by atoms with Gasteiger partial charge in [0.1, 0.15) is 0 Å². The number of nitrogens with one attached hydrogen (secondary N) is 1. The second-order valence-corrected chi connectivity index (χ2v) is 6.92. The van der Waals surface area contributed by atoms with Gasteiger partial charge in [-0.2, -0.15) is 0 Å². The zero-order chi connectivity index (χ0) is 15.6. The zero-order valence-corrected chi connectivity index (χ0v) is 13.4.